The van der Waals surface area contributed by atoms with Crippen molar-refractivity contribution in [3.05, 3.63) is 28.7 Å². The SMILES string of the molecule is CCCN=C(NCC)NC1CCN(c2ccccc2Br)C1. The van der Waals surface area contributed by atoms with E-state index in [1.54, 1.807) is 0 Å². The standard InChI is InChI=1S/C16H25BrN4/c1-3-10-19-16(18-4-2)20-13-9-11-21(12-13)15-8-6-5-7-14(15)17/h5-8,13H,3-4,9-12H2,1-2H3,(H2,18,19,20). The van der Waals surface area contributed by atoms with Crippen LogP contribution in [-0.2, 0) is 0 Å². The molecule has 0 saturated carbocycles. The van der Waals surface area contributed by atoms with Gasteiger partial charge in [-0.05, 0) is 47.8 Å². The van der Waals surface area contributed by atoms with E-state index in [1.807, 2.05) is 0 Å². The number of anilines is 1. The van der Waals surface area contributed by atoms with Crippen LogP contribution in [0.15, 0.2) is 33.7 Å². The summed E-state index contributed by atoms with van der Waals surface area (Å²) in [6.07, 6.45) is 2.21. The highest BCUT2D eigenvalue weighted by molar-refractivity contribution is 9.10. The lowest BCUT2D eigenvalue weighted by atomic mass is 10.3. The molecule has 0 amide bonds. The Balaban J connectivity index is 1.94. The highest BCUT2D eigenvalue weighted by Crippen LogP contribution is 2.28. The number of nitrogens with one attached hydrogen (secondary N) is 2. The molecule has 21 heavy (non-hydrogen) atoms. The number of aliphatic imine (C=N–C) groups is 1. The summed E-state index contributed by atoms with van der Waals surface area (Å²) in [4.78, 5) is 7.00. The molecule has 116 valence electrons. The fourth-order valence-electron chi connectivity index (χ4n) is 2.54. The number of hydrogen-bond donors (Lipinski definition) is 2. The van der Waals surface area contributed by atoms with E-state index in [0.29, 0.717) is 6.04 Å². The maximum atomic E-state index is 4.58. The molecule has 0 spiro atoms. The van der Waals surface area contributed by atoms with Crippen LogP contribution in [0.1, 0.15) is 26.7 Å². The van der Waals surface area contributed by atoms with E-state index < -0.39 is 0 Å². The van der Waals surface area contributed by atoms with Crippen molar-refractivity contribution >= 4 is 27.6 Å². The van der Waals surface area contributed by atoms with Gasteiger partial charge in [-0.25, -0.2) is 0 Å². The second kappa shape index (κ2) is 8.27. The summed E-state index contributed by atoms with van der Waals surface area (Å²) in [6, 6.07) is 8.87. The fraction of sp³-hybridized carbons (Fsp3) is 0.562. The number of para-hydroxylation sites is 1. The van der Waals surface area contributed by atoms with E-state index in [2.05, 4.69) is 74.6 Å². The number of hydrogen-bond acceptors (Lipinski definition) is 2. The van der Waals surface area contributed by atoms with Crippen LogP contribution in [-0.4, -0.2) is 38.2 Å². The van der Waals surface area contributed by atoms with Crippen LogP contribution in [0.2, 0.25) is 0 Å². The van der Waals surface area contributed by atoms with Gasteiger partial charge in [0.15, 0.2) is 5.96 Å². The van der Waals surface area contributed by atoms with Gasteiger partial charge in [-0.3, -0.25) is 4.99 Å². The first-order valence-corrected chi connectivity index (χ1v) is 8.58. The van der Waals surface area contributed by atoms with Crippen LogP contribution in [0.5, 0.6) is 0 Å². The molecule has 0 aliphatic carbocycles. The Kier molecular flexibility index (Phi) is 6.36. The van der Waals surface area contributed by atoms with Crippen molar-refractivity contribution in [2.75, 3.05) is 31.1 Å². The van der Waals surface area contributed by atoms with Crippen molar-refractivity contribution in [3.63, 3.8) is 0 Å². The Hall–Kier alpha value is -1.23. The molecule has 0 radical (unpaired) electrons. The molecule has 5 heteroatoms. The summed E-state index contributed by atoms with van der Waals surface area (Å²) < 4.78 is 1.16. The molecule has 1 unspecified atom stereocenters. The molecular weight excluding hydrogens is 328 g/mol. The summed E-state index contributed by atoms with van der Waals surface area (Å²) >= 11 is 3.64. The largest absolute Gasteiger partial charge is 0.368 e. The Morgan fingerprint density at radius 2 is 2.19 bits per heavy atom. The molecule has 1 atom stereocenters. The summed E-state index contributed by atoms with van der Waals surface area (Å²) in [5.41, 5.74) is 1.28. The van der Waals surface area contributed by atoms with Gasteiger partial charge in [0.2, 0.25) is 0 Å². The zero-order valence-electron chi connectivity index (χ0n) is 12.9. The molecule has 2 rings (SSSR count). The fourth-order valence-corrected chi connectivity index (χ4v) is 3.08. The number of guanidine groups is 1. The molecule has 1 fully saturated rings. The van der Waals surface area contributed by atoms with Crippen LogP contribution >= 0.6 is 15.9 Å². The Morgan fingerprint density at radius 3 is 2.90 bits per heavy atom. The highest BCUT2D eigenvalue weighted by atomic mass is 79.9. The van der Waals surface area contributed by atoms with Crippen molar-refractivity contribution in [3.8, 4) is 0 Å². The molecule has 1 aliphatic heterocycles. The van der Waals surface area contributed by atoms with Gasteiger partial charge in [-0.15, -0.1) is 0 Å². The van der Waals surface area contributed by atoms with Gasteiger partial charge in [0.05, 0.1) is 5.69 Å². The first kappa shape index (κ1) is 16.1. The molecule has 1 aliphatic rings. The van der Waals surface area contributed by atoms with Crippen LogP contribution in [0, 0.1) is 0 Å². The summed E-state index contributed by atoms with van der Waals surface area (Å²) in [5.74, 6) is 0.943. The predicted octanol–water partition coefficient (Wildman–Crippen LogP) is 2.99. The third-order valence-electron chi connectivity index (χ3n) is 3.56. The third kappa shape index (κ3) is 4.63. The lowest BCUT2D eigenvalue weighted by Crippen LogP contribution is -2.44. The van der Waals surface area contributed by atoms with Gasteiger partial charge in [0, 0.05) is 36.7 Å². The normalized spacial score (nSPS) is 18.9. The monoisotopic (exact) mass is 352 g/mol. The second-order valence-electron chi connectivity index (χ2n) is 5.29. The van der Waals surface area contributed by atoms with Crippen LogP contribution in [0.3, 0.4) is 0 Å². The molecule has 4 nitrogen and oxygen atoms in total. The third-order valence-corrected chi connectivity index (χ3v) is 4.23. The van der Waals surface area contributed by atoms with Gasteiger partial charge in [0.25, 0.3) is 0 Å². The van der Waals surface area contributed by atoms with Crippen molar-refractivity contribution < 1.29 is 0 Å². The minimum atomic E-state index is 0.451. The summed E-state index contributed by atoms with van der Waals surface area (Å²) in [5, 5.41) is 6.87. The van der Waals surface area contributed by atoms with Crippen LogP contribution in [0.4, 0.5) is 5.69 Å². The van der Waals surface area contributed by atoms with Crippen molar-refractivity contribution in [2.45, 2.75) is 32.7 Å². The first-order chi connectivity index (χ1) is 10.2. The Bertz CT molecular complexity index is 475. The number of benzene rings is 1. The summed E-state index contributed by atoms with van der Waals surface area (Å²) in [6.45, 7) is 8.11. The molecule has 0 bridgehead atoms. The second-order valence-corrected chi connectivity index (χ2v) is 6.14. The molecule has 2 N–H and O–H groups in total. The van der Waals surface area contributed by atoms with Gasteiger partial charge < -0.3 is 15.5 Å². The van der Waals surface area contributed by atoms with E-state index in [9.17, 15) is 0 Å². The van der Waals surface area contributed by atoms with E-state index in [-0.39, 0.29) is 0 Å². The zero-order valence-corrected chi connectivity index (χ0v) is 14.5. The van der Waals surface area contributed by atoms with Gasteiger partial charge in [-0.1, -0.05) is 19.1 Å². The number of halogens is 1. The van der Waals surface area contributed by atoms with Gasteiger partial charge in [0.1, 0.15) is 0 Å². The van der Waals surface area contributed by atoms with Gasteiger partial charge >= 0.3 is 0 Å². The maximum absolute atomic E-state index is 4.58. The van der Waals surface area contributed by atoms with Crippen molar-refractivity contribution in [1.82, 2.24) is 10.6 Å². The van der Waals surface area contributed by atoms with Gasteiger partial charge in [-0.2, -0.15) is 0 Å². The predicted molar refractivity (Wildman–Crippen MR) is 94.2 cm³/mol. The van der Waals surface area contributed by atoms with E-state index >= 15 is 0 Å². The molecular formula is C16H25BrN4. The lowest BCUT2D eigenvalue weighted by Gasteiger charge is -2.21. The molecule has 1 heterocycles. The minimum absolute atomic E-state index is 0.451. The van der Waals surface area contributed by atoms with E-state index in [1.165, 1.54) is 5.69 Å². The molecule has 0 aromatic heterocycles. The smallest absolute Gasteiger partial charge is 0.191 e. The molecule has 1 aromatic carbocycles. The zero-order chi connectivity index (χ0) is 15.1. The first-order valence-electron chi connectivity index (χ1n) is 7.79. The highest BCUT2D eigenvalue weighted by Gasteiger charge is 2.24. The van der Waals surface area contributed by atoms with Crippen molar-refractivity contribution in [1.29, 1.82) is 0 Å². The van der Waals surface area contributed by atoms with Crippen molar-refractivity contribution in [2.24, 2.45) is 4.99 Å². The average Bonchev–Trinajstić information content (AvgIpc) is 2.94. The quantitative estimate of drug-likeness (QED) is 0.632. The minimum Gasteiger partial charge on any atom is -0.368 e. The molecule has 1 aromatic rings. The lowest BCUT2D eigenvalue weighted by molar-refractivity contribution is 0.648. The number of rotatable bonds is 5. The van der Waals surface area contributed by atoms with E-state index in [4.69, 9.17) is 0 Å². The van der Waals surface area contributed by atoms with Crippen LogP contribution < -0.4 is 15.5 Å². The Morgan fingerprint density at radius 1 is 1.38 bits per heavy atom. The summed E-state index contributed by atoms with van der Waals surface area (Å²) in [7, 11) is 0. The average molecular weight is 353 g/mol. The van der Waals surface area contributed by atoms with E-state index in [0.717, 1.165) is 49.5 Å². The number of nitrogens with zero attached hydrogens (tertiary/aromatic N) is 2. The molecule has 1 saturated heterocycles. The topological polar surface area (TPSA) is 39.7 Å². The maximum Gasteiger partial charge on any atom is 0.191 e. The Labute approximate surface area is 136 Å². The van der Waals surface area contributed by atoms with Crippen LogP contribution in [0.25, 0.3) is 0 Å².